The van der Waals surface area contributed by atoms with Crippen molar-refractivity contribution in [1.29, 1.82) is 0 Å². The molecule has 2 heterocycles. The summed E-state index contributed by atoms with van der Waals surface area (Å²) in [7, 11) is 3.38. The van der Waals surface area contributed by atoms with E-state index in [0.29, 0.717) is 38.7 Å². The predicted octanol–water partition coefficient (Wildman–Crippen LogP) is 0.350. The van der Waals surface area contributed by atoms with E-state index in [2.05, 4.69) is 10.7 Å². The number of fused-ring (bicyclic) bond motifs is 1. The molecule has 0 saturated heterocycles. The van der Waals surface area contributed by atoms with Gasteiger partial charge >= 0.3 is 0 Å². The number of unbranched alkanes of at least 4 members (excludes halogenated alkanes) is 1. The van der Waals surface area contributed by atoms with E-state index in [0.717, 1.165) is 12.8 Å². The molecule has 8 nitrogen and oxygen atoms in total. The Morgan fingerprint density at radius 1 is 1.33 bits per heavy atom. The van der Waals surface area contributed by atoms with Gasteiger partial charge < -0.3 is 25.1 Å². The summed E-state index contributed by atoms with van der Waals surface area (Å²) < 4.78 is 12.4. The van der Waals surface area contributed by atoms with Crippen LogP contribution in [0.5, 0.6) is 5.75 Å². The molecule has 0 unspecified atom stereocenters. The Morgan fingerprint density at radius 2 is 2.12 bits per heavy atom. The number of nitrogens with one attached hydrogen (secondary N) is 2. The molecular weight excluding hydrogens is 312 g/mol. The number of ether oxygens (including phenoxy) is 2. The van der Waals surface area contributed by atoms with E-state index >= 15 is 0 Å². The summed E-state index contributed by atoms with van der Waals surface area (Å²) in [5.74, 6) is -0.115. The maximum atomic E-state index is 12.9. The van der Waals surface area contributed by atoms with Gasteiger partial charge in [0.1, 0.15) is 6.67 Å². The van der Waals surface area contributed by atoms with Crippen molar-refractivity contribution in [3.05, 3.63) is 27.7 Å². The Labute approximate surface area is 141 Å². The van der Waals surface area contributed by atoms with Crippen molar-refractivity contribution in [2.45, 2.75) is 26.3 Å². The van der Waals surface area contributed by atoms with Crippen molar-refractivity contribution in [2.75, 3.05) is 46.0 Å². The summed E-state index contributed by atoms with van der Waals surface area (Å²) >= 11 is 0. The van der Waals surface area contributed by atoms with Crippen LogP contribution in [0.3, 0.4) is 0 Å². The molecule has 24 heavy (non-hydrogen) atoms. The molecule has 0 bridgehead atoms. The van der Waals surface area contributed by atoms with Crippen LogP contribution in [-0.2, 0) is 11.3 Å². The lowest BCUT2D eigenvalue weighted by Gasteiger charge is -2.33. The molecule has 1 aromatic heterocycles. The molecule has 0 aliphatic carbocycles. The van der Waals surface area contributed by atoms with Crippen molar-refractivity contribution < 1.29 is 14.3 Å². The summed E-state index contributed by atoms with van der Waals surface area (Å²) in [6.07, 6.45) is 1.78. The van der Waals surface area contributed by atoms with Crippen LogP contribution in [0.1, 0.15) is 35.9 Å². The molecule has 1 aliphatic rings. The highest BCUT2D eigenvalue weighted by Crippen LogP contribution is 2.20. The Morgan fingerprint density at radius 3 is 2.79 bits per heavy atom. The number of nitrogens with zero attached hydrogens (tertiary/aromatic N) is 2. The molecule has 0 saturated carbocycles. The first-order chi connectivity index (χ1) is 11.6. The highest BCUT2D eigenvalue weighted by molar-refractivity contribution is 5.96. The third-order valence-corrected chi connectivity index (χ3v) is 3.82. The van der Waals surface area contributed by atoms with Crippen LogP contribution in [0, 0.1) is 0 Å². The first kappa shape index (κ1) is 18.3. The lowest BCUT2D eigenvalue weighted by Crippen LogP contribution is -2.49. The Hall–Kier alpha value is -2.06. The second kappa shape index (κ2) is 8.70. The molecule has 0 fully saturated rings. The Balaban J connectivity index is 2.42. The van der Waals surface area contributed by atoms with Gasteiger partial charge in [0.05, 0.1) is 18.9 Å². The molecular formula is C16H26N4O4. The molecule has 0 radical (unpaired) electrons. The minimum absolute atomic E-state index is 0.114. The van der Waals surface area contributed by atoms with Gasteiger partial charge in [-0.3, -0.25) is 14.3 Å². The minimum atomic E-state index is -0.272. The van der Waals surface area contributed by atoms with Crippen LogP contribution in [0.25, 0.3) is 0 Å². The SMILES string of the molecule is CCCCOc1c2n(c(CNC)cc1=O)NCN(CCOC)C2=O. The van der Waals surface area contributed by atoms with Gasteiger partial charge in [-0.15, -0.1) is 0 Å². The van der Waals surface area contributed by atoms with Gasteiger partial charge in [-0.05, 0) is 13.5 Å². The molecule has 1 amide bonds. The predicted molar refractivity (Wildman–Crippen MR) is 91.0 cm³/mol. The summed E-state index contributed by atoms with van der Waals surface area (Å²) in [5, 5.41) is 3.01. The number of carbonyl (C=O) groups is 1. The van der Waals surface area contributed by atoms with Gasteiger partial charge in [0.2, 0.25) is 5.43 Å². The van der Waals surface area contributed by atoms with Gasteiger partial charge in [0.25, 0.3) is 5.91 Å². The highest BCUT2D eigenvalue weighted by Gasteiger charge is 2.30. The van der Waals surface area contributed by atoms with E-state index in [4.69, 9.17) is 9.47 Å². The zero-order valence-electron chi connectivity index (χ0n) is 14.6. The molecule has 1 aromatic rings. The quantitative estimate of drug-likeness (QED) is 0.632. The number of pyridine rings is 1. The largest absolute Gasteiger partial charge is 0.487 e. The number of hydrogen-bond donors (Lipinski definition) is 2. The number of hydrogen-bond acceptors (Lipinski definition) is 6. The number of aromatic nitrogens is 1. The van der Waals surface area contributed by atoms with E-state index in [1.54, 1.807) is 23.7 Å². The van der Waals surface area contributed by atoms with Crippen LogP contribution in [-0.4, -0.2) is 56.1 Å². The second-order valence-electron chi connectivity index (χ2n) is 5.62. The van der Waals surface area contributed by atoms with Crippen LogP contribution in [0.15, 0.2) is 10.9 Å². The van der Waals surface area contributed by atoms with Gasteiger partial charge in [0, 0.05) is 26.3 Å². The standard InChI is InChI=1S/C16H26N4O4/c1-4-5-7-24-15-13(21)9-12(10-17-2)20-14(15)16(22)19(11-18-20)6-8-23-3/h9,17-18H,4-8,10-11H2,1-3H3. The number of carbonyl (C=O) groups excluding carboxylic acids is 1. The van der Waals surface area contributed by atoms with Crippen LogP contribution in [0.4, 0.5) is 0 Å². The molecule has 0 aromatic carbocycles. The third kappa shape index (κ3) is 3.88. The summed E-state index contributed by atoms with van der Waals surface area (Å²) in [6, 6.07) is 1.51. The molecule has 0 spiro atoms. The first-order valence-electron chi connectivity index (χ1n) is 8.22. The van der Waals surface area contributed by atoms with E-state index < -0.39 is 0 Å². The lowest BCUT2D eigenvalue weighted by atomic mass is 10.2. The van der Waals surface area contributed by atoms with E-state index in [9.17, 15) is 9.59 Å². The smallest absolute Gasteiger partial charge is 0.277 e. The van der Waals surface area contributed by atoms with Crippen LogP contribution < -0.4 is 20.9 Å². The summed E-state index contributed by atoms with van der Waals surface area (Å²) in [5.41, 5.74) is 3.85. The van der Waals surface area contributed by atoms with Crippen molar-refractivity contribution in [3.8, 4) is 5.75 Å². The van der Waals surface area contributed by atoms with Crippen molar-refractivity contribution >= 4 is 5.91 Å². The third-order valence-electron chi connectivity index (χ3n) is 3.82. The minimum Gasteiger partial charge on any atom is -0.487 e. The fraction of sp³-hybridized carbons (Fsp3) is 0.625. The molecule has 1 aliphatic heterocycles. The van der Waals surface area contributed by atoms with Gasteiger partial charge in [-0.2, -0.15) is 0 Å². The van der Waals surface area contributed by atoms with Crippen LogP contribution in [0.2, 0.25) is 0 Å². The topological polar surface area (TPSA) is 84.8 Å². The average molecular weight is 338 g/mol. The maximum Gasteiger partial charge on any atom is 0.277 e. The first-order valence-corrected chi connectivity index (χ1v) is 8.22. The van der Waals surface area contributed by atoms with Crippen molar-refractivity contribution in [1.82, 2.24) is 14.9 Å². The highest BCUT2D eigenvalue weighted by atomic mass is 16.5. The monoisotopic (exact) mass is 338 g/mol. The number of methoxy groups -OCH3 is 1. The molecule has 2 N–H and O–H groups in total. The fourth-order valence-electron chi connectivity index (χ4n) is 2.55. The van der Waals surface area contributed by atoms with E-state index in [1.165, 1.54) is 6.07 Å². The zero-order valence-corrected chi connectivity index (χ0v) is 14.6. The number of rotatable bonds is 9. The maximum absolute atomic E-state index is 12.9. The van der Waals surface area contributed by atoms with Gasteiger partial charge in [0.15, 0.2) is 11.4 Å². The van der Waals surface area contributed by atoms with Crippen molar-refractivity contribution in [2.24, 2.45) is 0 Å². The van der Waals surface area contributed by atoms with Gasteiger partial charge in [-0.1, -0.05) is 13.3 Å². The van der Waals surface area contributed by atoms with Crippen molar-refractivity contribution in [3.63, 3.8) is 0 Å². The molecule has 0 atom stereocenters. The van der Waals surface area contributed by atoms with Gasteiger partial charge in [-0.25, -0.2) is 0 Å². The summed E-state index contributed by atoms with van der Waals surface area (Å²) in [6.45, 7) is 4.15. The van der Waals surface area contributed by atoms with E-state index in [-0.39, 0.29) is 22.8 Å². The number of amides is 1. The zero-order chi connectivity index (χ0) is 17.5. The Bertz CT molecular complexity index is 629. The van der Waals surface area contributed by atoms with E-state index in [1.807, 2.05) is 6.92 Å². The lowest BCUT2D eigenvalue weighted by molar-refractivity contribution is 0.0658. The fourth-order valence-corrected chi connectivity index (χ4v) is 2.55. The summed E-state index contributed by atoms with van der Waals surface area (Å²) in [4.78, 5) is 26.9. The molecule has 8 heteroatoms. The van der Waals surface area contributed by atoms with Crippen LogP contribution >= 0.6 is 0 Å². The Kier molecular flexibility index (Phi) is 6.62. The normalized spacial score (nSPS) is 13.6. The average Bonchev–Trinajstić information content (AvgIpc) is 2.57. The second-order valence-corrected chi connectivity index (χ2v) is 5.62. The molecule has 2 rings (SSSR count). The molecule has 134 valence electrons.